The van der Waals surface area contributed by atoms with E-state index < -0.39 is 6.09 Å². The van der Waals surface area contributed by atoms with Gasteiger partial charge in [-0.05, 0) is 24.6 Å². The molecule has 0 aliphatic rings. The number of amides is 1. The van der Waals surface area contributed by atoms with Crippen molar-refractivity contribution >= 4 is 17.4 Å². The second-order valence-electron chi connectivity index (χ2n) is 4.10. The lowest BCUT2D eigenvalue weighted by Gasteiger charge is -2.02. The van der Waals surface area contributed by atoms with Gasteiger partial charge in [0, 0.05) is 17.5 Å². The van der Waals surface area contributed by atoms with Crippen LogP contribution in [0.15, 0.2) is 30.5 Å². The zero-order valence-electron chi connectivity index (χ0n) is 11.1. The van der Waals surface area contributed by atoms with Gasteiger partial charge in [0.05, 0.1) is 13.2 Å². The van der Waals surface area contributed by atoms with E-state index in [-0.39, 0.29) is 5.82 Å². The number of rotatable bonds is 5. The maximum absolute atomic E-state index is 12.8. The summed E-state index contributed by atoms with van der Waals surface area (Å²) in [5.74, 6) is -0.239. The average Bonchev–Trinajstić information content (AvgIpc) is 2.87. The van der Waals surface area contributed by atoms with Crippen LogP contribution in [-0.2, 0) is 17.7 Å². The smallest absolute Gasteiger partial charge is 0.407 e. The number of ether oxygens (including phenoxy) is 1. The molecule has 106 valence electrons. The van der Waals surface area contributed by atoms with Gasteiger partial charge in [-0.15, -0.1) is 11.3 Å². The lowest BCUT2D eigenvalue weighted by Crippen LogP contribution is -2.23. The Morgan fingerprint density at radius 1 is 1.40 bits per heavy atom. The number of hydrogen-bond donors (Lipinski definition) is 1. The minimum atomic E-state index is -0.442. The number of nitrogens with one attached hydrogen (secondary N) is 1. The molecule has 20 heavy (non-hydrogen) atoms. The first kappa shape index (κ1) is 14.5. The summed E-state index contributed by atoms with van der Waals surface area (Å²) in [6.07, 6.45) is 2.04. The first-order valence-corrected chi connectivity index (χ1v) is 7.07. The molecule has 2 aromatic rings. The van der Waals surface area contributed by atoms with Gasteiger partial charge in [-0.25, -0.2) is 14.2 Å². The average molecular weight is 294 g/mol. The van der Waals surface area contributed by atoms with Crippen molar-refractivity contribution < 1.29 is 13.9 Å². The monoisotopic (exact) mass is 294 g/mol. The van der Waals surface area contributed by atoms with Gasteiger partial charge in [0.25, 0.3) is 0 Å². The van der Waals surface area contributed by atoms with E-state index in [1.807, 2.05) is 0 Å². The van der Waals surface area contributed by atoms with Crippen LogP contribution in [0.1, 0.15) is 22.4 Å². The molecule has 0 radical (unpaired) electrons. The van der Waals surface area contributed by atoms with Crippen LogP contribution in [0.5, 0.6) is 0 Å². The second-order valence-corrected chi connectivity index (χ2v) is 5.30. The molecule has 4 nitrogen and oxygen atoms in total. The molecule has 1 aromatic carbocycles. The standard InChI is InChI=1S/C14H15FN2O2S/c1-2-19-14(18)17-9-13-16-8-12(20-13)7-10-3-5-11(15)6-4-10/h3-6,8H,2,7,9H2,1H3,(H,17,18). The molecule has 0 saturated heterocycles. The first-order valence-electron chi connectivity index (χ1n) is 6.26. The van der Waals surface area contributed by atoms with E-state index in [1.54, 1.807) is 25.3 Å². The van der Waals surface area contributed by atoms with Crippen molar-refractivity contribution in [3.05, 3.63) is 51.7 Å². The van der Waals surface area contributed by atoms with Crippen LogP contribution in [0.3, 0.4) is 0 Å². The highest BCUT2D eigenvalue weighted by molar-refractivity contribution is 7.11. The summed E-state index contributed by atoms with van der Waals surface area (Å²) in [4.78, 5) is 16.5. The van der Waals surface area contributed by atoms with Gasteiger partial charge in [0.1, 0.15) is 10.8 Å². The molecule has 1 aromatic heterocycles. The van der Waals surface area contributed by atoms with Crippen molar-refractivity contribution in [2.45, 2.75) is 19.9 Å². The Labute approximate surface area is 120 Å². The highest BCUT2D eigenvalue weighted by atomic mass is 32.1. The summed E-state index contributed by atoms with van der Waals surface area (Å²) < 4.78 is 17.6. The Kier molecular flexibility index (Phi) is 5.06. The van der Waals surface area contributed by atoms with Crippen LogP contribution in [0.2, 0.25) is 0 Å². The summed E-state index contributed by atoms with van der Waals surface area (Å²) in [6.45, 7) is 2.45. The molecule has 6 heteroatoms. The van der Waals surface area contributed by atoms with Gasteiger partial charge in [0.2, 0.25) is 0 Å². The third kappa shape index (κ3) is 4.31. The maximum atomic E-state index is 12.8. The molecule has 0 saturated carbocycles. The Hall–Kier alpha value is -1.95. The number of hydrogen-bond acceptors (Lipinski definition) is 4. The zero-order chi connectivity index (χ0) is 14.4. The number of benzene rings is 1. The van der Waals surface area contributed by atoms with Crippen molar-refractivity contribution in [1.29, 1.82) is 0 Å². The van der Waals surface area contributed by atoms with Gasteiger partial charge < -0.3 is 10.1 Å². The number of aromatic nitrogens is 1. The fraction of sp³-hybridized carbons (Fsp3) is 0.286. The summed E-state index contributed by atoms with van der Waals surface area (Å²) >= 11 is 1.52. The molecule has 0 atom stereocenters. The minimum Gasteiger partial charge on any atom is -0.450 e. The fourth-order valence-electron chi connectivity index (χ4n) is 1.64. The van der Waals surface area contributed by atoms with E-state index in [9.17, 15) is 9.18 Å². The Morgan fingerprint density at radius 2 is 2.15 bits per heavy atom. The molecule has 0 spiro atoms. The van der Waals surface area contributed by atoms with Gasteiger partial charge in [0.15, 0.2) is 0 Å². The van der Waals surface area contributed by atoms with Crippen LogP contribution >= 0.6 is 11.3 Å². The van der Waals surface area contributed by atoms with Crippen LogP contribution < -0.4 is 5.32 Å². The lowest BCUT2D eigenvalue weighted by atomic mass is 10.1. The summed E-state index contributed by atoms with van der Waals surface area (Å²) in [5, 5.41) is 3.44. The molecule has 0 fully saturated rings. The van der Waals surface area contributed by atoms with Crippen LogP contribution in [-0.4, -0.2) is 17.7 Å². The minimum absolute atomic E-state index is 0.239. The number of halogens is 1. The molecule has 1 amide bonds. The number of alkyl carbamates (subject to hydrolysis) is 1. The van der Waals surface area contributed by atoms with E-state index in [0.717, 1.165) is 15.4 Å². The van der Waals surface area contributed by atoms with Crippen molar-refractivity contribution in [2.75, 3.05) is 6.61 Å². The Balaban J connectivity index is 1.88. The number of thiazole rings is 1. The van der Waals surface area contributed by atoms with Gasteiger partial charge >= 0.3 is 6.09 Å². The lowest BCUT2D eigenvalue weighted by molar-refractivity contribution is 0.151. The topological polar surface area (TPSA) is 51.2 Å². The van der Waals surface area contributed by atoms with Gasteiger partial charge in [-0.1, -0.05) is 12.1 Å². The molecule has 0 bridgehead atoms. The summed E-state index contributed by atoms with van der Waals surface area (Å²) in [7, 11) is 0. The van der Waals surface area contributed by atoms with E-state index >= 15 is 0 Å². The molecule has 1 heterocycles. The number of carbonyl (C=O) groups excluding carboxylic acids is 1. The van der Waals surface area contributed by atoms with Crippen LogP contribution in [0.25, 0.3) is 0 Å². The zero-order valence-corrected chi connectivity index (χ0v) is 11.9. The SMILES string of the molecule is CCOC(=O)NCc1ncc(Cc2ccc(F)cc2)s1. The molecule has 0 aliphatic carbocycles. The molecule has 2 rings (SSSR count). The van der Waals surface area contributed by atoms with E-state index in [1.165, 1.54) is 23.5 Å². The Morgan fingerprint density at radius 3 is 2.85 bits per heavy atom. The summed E-state index contributed by atoms with van der Waals surface area (Å²) in [6, 6.07) is 6.40. The molecule has 0 unspecified atom stereocenters. The van der Waals surface area contributed by atoms with Crippen LogP contribution in [0.4, 0.5) is 9.18 Å². The molecule has 0 aliphatic heterocycles. The van der Waals surface area contributed by atoms with E-state index in [4.69, 9.17) is 4.74 Å². The third-order valence-electron chi connectivity index (χ3n) is 2.55. The molecule has 1 N–H and O–H groups in total. The maximum Gasteiger partial charge on any atom is 0.407 e. The highest BCUT2D eigenvalue weighted by Crippen LogP contribution is 2.17. The largest absolute Gasteiger partial charge is 0.450 e. The van der Waals surface area contributed by atoms with E-state index in [0.29, 0.717) is 19.6 Å². The Bertz CT molecular complexity index is 569. The molecular formula is C14H15FN2O2S. The predicted molar refractivity (Wildman–Crippen MR) is 75.2 cm³/mol. The third-order valence-corrected chi connectivity index (χ3v) is 3.55. The van der Waals surface area contributed by atoms with E-state index in [2.05, 4.69) is 10.3 Å². The second kappa shape index (κ2) is 7.00. The van der Waals surface area contributed by atoms with Crippen molar-refractivity contribution in [3.8, 4) is 0 Å². The predicted octanol–water partition coefficient (Wildman–Crippen LogP) is 3.12. The highest BCUT2D eigenvalue weighted by Gasteiger charge is 2.06. The molecular weight excluding hydrogens is 279 g/mol. The van der Waals surface area contributed by atoms with Crippen molar-refractivity contribution in [1.82, 2.24) is 10.3 Å². The van der Waals surface area contributed by atoms with Gasteiger partial charge in [-0.3, -0.25) is 0 Å². The fourth-order valence-corrected chi connectivity index (χ4v) is 2.54. The van der Waals surface area contributed by atoms with Crippen molar-refractivity contribution in [2.24, 2.45) is 0 Å². The number of nitrogens with zero attached hydrogens (tertiary/aromatic N) is 1. The summed E-state index contributed by atoms with van der Waals surface area (Å²) in [5.41, 5.74) is 1.03. The van der Waals surface area contributed by atoms with Gasteiger partial charge in [-0.2, -0.15) is 0 Å². The number of carbonyl (C=O) groups is 1. The first-order chi connectivity index (χ1) is 9.67. The van der Waals surface area contributed by atoms with Crippen LogP contribution in [0, 0.1) is 5.82 Å². The quantitative estimate of drug-likeness (QED) is 0.921. The normalized spacial score (nSPS) is 10.3. The van der Waals surface area contributed by atoms with Crippen molar-refractivity contribution in [3.63, 3.8) is 0 Å².